The van der Waals surface area contributed by atoms with Crippen LogP contribution in [0.2, 0.25) is 0 Å². The van der Waals surface area contributed by atoms with E-state index in [1.165, 1.54) is 23.1 Å². The SMILES string of the molecule is Cc1nc(NC(=O)C(C)n2ccnc2)sc1SCC(N)=O. The third-order valence-corrected chi connectivity index (χ3v) is 5.14. The normalized spacial score (nSPS) is 12.1. The Kier molecular flexibility index (Phi) is 4.97. The number of hydrogen-bond donors (Lipinski definition) is 2. The van der Waals surface area contributed by atoms with E-state index in [0.717, 1.165) is 9.90 Å². The lowest BCUT2D eigenvalue weighted by Gasteiger charge is -2.11. The lowest BCUT2D eigenvalue weighted by atomic mass is 10.3. The van der Waals surface area contributed by atoms with Crippen LogP contribution in [0.25, 0.3) is 0 Å². The summed E-state index contributed by atoms with van der Waals surface area (Å²) in [5, 5.41) is 3.28. The molecule has 0 saturated carbocycles. The highest BCUT2D eigenvalue weighted by Gasteiger charge is 2.17. The second-order valence-corrected chi connectivity index (χ2v) is 6.57. The van der Waals surface area contributed by atoms with Gasteiger partial charge in [0.05, 0.1) is 22.0 Å². The van der Waals surface area contributed by atoms with Crippen molar-refractivity contribution in [2.75, 3.05) is 11.1 Å². The number of imidazole rings is 1. The van der Waals surface area contributed by atoms with Crippen molar-refractivity contribution in [2.24, 2.45) is 5.73 Å². The summed E-state index contributed by atoms with van der Waals surface area (Å²) in [5.74, 6) is -0.359. The molecule has 9 heteroatoms. The van der Waals surface area contributed by atoms with Crippen LogP contribution in [-0.4, -0.2) is 32.1 Å². The molecule has 112 valence electrons. The molecule has 1 atom stereocenters. The molecular weight excluding hydrogens is 310 g/mol. The molecule has 0 aliphatic heterocycles. The van der Waals surface area contributed by atoms with Crippen molar-refractivity contribution < 1.29 is 9.59 Å². The molecule has 0 bridgehead atoms. The van der Waals surface area contributed by atoms with Crippen molar-refractivity contribution in [1.82, 2.24) is 14.5 Å². The first-order chi connectivity index (χ1) is 9.97. The quantitative estimate of drug-likeness (QED) is 0.782. The molecular formula is C12H15N5O2S2. The fourth-order valence-electron chi connectivity index (χ4n) is 1.55. The summed E-state index contributed by atoms with van der Waals surface area (Å²) in [7, 11) is 0. The topological polar surface area (TPSA) is 103 Å². The van der Waals surface area contributed by atoms with E-state index in [4.69, 9.17) is 5.73 Å². The zero-order chi connectivity index (χ0) is 15.4. The van der Waals surface area contributed by atoms with Gasteiger partial charge in [-0.05, 0) is 13.8 Å². The molecule has 2 heterocycles. The number of aromatic nitrogens is 3. The number of nitrogens with one attached hydrogen (secondary N) is 1. The van der Waals surface area contributed by atoms with Crippen molar-refractivity contribution in [3.63, 3.8) is 0 Å². The number of thiazole rings is 1. The van der Waals surface area contributed by atoms with E-state index in [1.807, 2.05) is 6.92 Å². The molecule has 0 spiro atoms. The minimum atomic E-state index is -0.382. The first-order valence-corrected chi connectivity index (χ1v) is 7.94. The Labute approximate surface area is 130 Å². The largest absolute Gasteiger partial charge is 0.369 e. The van der Waals surface area contributed by atoms with Gasteiger partial charge in [-0.15, -0.1) is 11.8 Å². The van der Waals surface area contributed by atoms with Gasteiger partial charge in [-0.3, -0.25) is 9.59 Å². The summed E-state index contributed by atoms with van der Waals surface area (Å²) in [6.07, 6.45) is 4.94. The third-order valence-electron chi connectivity index (χ3n) is 2.68. The van der Waals surface area contributed by atoms with E-state index in [1.54, 1.807) is 30.2 Å². The predicted molar refractivity (Wildman–Crippen MR) is 82.3 cm³/mol. The van der Waals surface area contributed by atoms with Crippen LogP contribution in [0.5, 0.6) is 0 Å². The Morgan fingerprint density at radius 3 is 2.95 bits per heavy atom. The molecule has 21 heavy (non-hydrogen) atoms. The zero-order valence-corrected chi connectivity index (χ0v) is 13.2. The number of thioether (sulfide) groups is 1. The Hall–Kier alpha value is -1.87. The lowest BCUT2D eigenvalue weighted by Crippen LogP contribution is -2.22. The van der Waals surface area contributed by atoms with E-state index in [-0.39, 0.29) is 23.6 Å². The first-order valence-electron chi connectivity index (χ1n) is 6.14. The van der Waals surface area contributed by atoms with Gasteiger partial charge in [-0.2, -0.15) is 0 Å². The van der Waals surface area contributed by atoms with Gasteiger partial charge in [-0.25, -0.2) is 9.97 Å². The van der Waals surface area contributed by atoms with Gasteiger partial charge in [-0.1, -0.05) is 11.3 Å². The molecule has 2 aromatic rings. The van der Waals surface area contributed by atoms with Crippen LogP contribution in [-0.2, 0) is 9.59 Å². The van der Waals surface area contributed by atoms with Crippen LogP contribution in [0.1, 0.15) is 18.7 Å². The monoisotopic (exact) mass is 325 g/mol. The number of nitrogens with zero attached hydrogens (tertiary/aromatic N) is 3. The van der Waals surface area contributed by atoms with Crippen molar-refractivity contribution >= 4 is 40.0 Å². The summed E-state index contributed by atoms with van der Waals surface area (Å²) in [5.41, 5.74) is 5.89. The molecule has 0 aliphatic carbocycles. The number of primary amides is 1. The van der Waals surface area contributed by atoms with Crippen molar-refractivity contribution in [3.05, 3.63) is 24.4 Å². The van der Waals surface area contributed by atoms with Gasteiger partial charge in [0.15, 0.2) is 5.13 Å². The van der Waals surface area contributed by atoms with Gasteiger partial charge in [0.2, 0.25) is 11.8 Å². The molecule has 0 radical (unpaired) electrons. The highest BCUT2D eigenvalue weighted by Crippen LogP contribution is 2.32. The average molecular weight is 325 g/mol. The molecule has 1 unspecified atom stereocenters. The Bertz CT molecular complexity index is 638. The van der Waals surface area contributed by atoms with E-state index < -0.39 is 0 Å². The number of anilines is 1. The maximum absolute atomic E-state index is 12.1. The molecule has 0 aliphatic rings. The molecule has 7 nitrogen and oxygen atoms in total. The fraction of sp³-hybridized carbons (Fsp3) is 0.333. The molecule has 2 amide bonds. The number of carbonyl (C=O) groups excluding carboxylic acids is 2. The van der Waals surface area contributed by atoms with Crippen LogP contribution < -0.4 is 11.1 Å². The van der Waals surface area contributed by atoms with Gasteiger partial charge < -0.3 is 15.6 Å². The van der Waals surface area contributed by atoms with Gasteiger partial charge in [0.1, 0.15) is 6.04 Å². The summed E-state index contributed by atoms with van der Waals surface area (Å²) in [6, 6.07) is -0.376. The summed E-state index contributed by atoms with van der Waals surface area (Å²) >= 11 is 2.66. The van der Waals surface area contributed by atoms with Crippen LogP contribution in [0.3, 0.4) is 0 Å². The second kappa shape index (κ2) is 6.72. The smallest absolute Gasteiger partial charge is 0.248 e. The second-order valence-electron chi connectivity index (χ2n) is 4.32. The standard InChI is InChI=1S/C12H15N5O2S2/c1-7-11(20-5-9(13)18)21-12(15-7)16-10(19)8(2)17-4-3-14-6-17/h3-4,6,8H,5H2,1-2H3,(H2,13,18)(H,15,16,19). The minimum Gasteiger partial charge on any atom is -0.369 e. The van der Waals surface area contributed by atoms with Crippen LogP contribution in [0.4, 0.5) is 5.13 Å². The molecule has 0 fully saturated rings. The van der Waals surface area contributed by atoms with E-state index >= 15 is 0 Å². The molecule has 0 aromatic carbocycles. The summed E-state index contributed by atoms with van der Waals surface area (Å²) in [6.45, 7) is 3.61. The van der Waals surface area contributed by atoms with Gasteiger partial charge >= 0.3 is 0 Å². The van der Waals surface area contributed by atoms with Crippen LogP contribution >= 0.6 is 23.1 Å². The maximum atomic E-state index is 12.1. The van der Waals surface area contributed by atoms with E-state index in [9.17, 15) is 9.59 Å². The lowest BCUT2D eigenvalue weighted by molar-refractivity contribution is -0.119. The highest BCUT2D eigenvalue weighted by atomic mass is 32.2. The van der Waals surface area contributed by atoms with Crippen LogP contribution in [0.15, 0.2) is 22.9 Å². The Morgan fingerprint density at radius 2 is 2.33 bits per heavy atom. The van der Waals surface area contributed by atoms with Crippen molar-refractivity contribution in [3.8, 4) is 0 Å². The first kappa shape index (κ1) is 15.5. The number of hydrogen-bond acceptors (Lipinski definition) is 6. The number of nitrogens with two attached hydrogens (primary N) is 1. The molecule has 2 rings (SSSR count). The van der Waals surface area contributed by atoms with E-state index in [2.05, 4.69) is 15.3 Å². The predicted octanol–water partition coefficient (Wildman–Crippen LogP) is 1.43. The fourth-order valence-corrected chi connectivity index (χ4v) is 3.43. The Morgan fingerprint density at radius 1 is 1.57 bits per heavy atom. The average Bonchev–Trinajstić information content (AvgIpc) is 3.05. The van der Waals surface area contributed by atoms with Crippen LogP contribution in [0, 0.1) is 6.92 Å². The van der Waals surface area contributed by atoms with Gasteiger partial charge in [0.25, 0.3) is 0 Å². The molecule has 2 aromatic heterocycles. The van der Waals surface area contributed by atoms with E-state index in [0.29, 0.717) is 5.13 Å². The third kappa shape index (κ3) is 4.05. The summed E-state index contributed by atoms with van der Waals surface area (Å²) < 4.78 is 2.58. The summed E-state index contributed by atoms with van der Waals surface area (Å²) in [4.78, 5) is 31.1. The number of carbonyl (C=O) groups is 2. The minimum absolute atomic E-state index is 0.173. The van der Waals surface area contributed by atoms with Crippen molar-refractivity contribution in [1.29, 1.82) is 0 Å². The number of aryl methyl sites for hydroxylation is 1. The van der Waals surface area contributed by atoms with Gasteiger partial charge in [0, 0.05) is 12.4 Å². The number of rotatable bonds is 6. The van der Waals surface area contributed by atoms with Crippen molar-refractivity contribution in [2.45, 2.75) is 24.1 Å². The molecule has 0 saturated heterocycles. The highest BCUT2D eigenvalue weighted by molar-refractivity contribution is 8.01. The zero-order valence-electron chi connectivity index (χ0n) is 11.6. The number of amides is 2. The Balaban J connectivity index is 2.01. The maximum Gasteiger partial charge on any atom is 0.248 e. The molecule has 3 N–H and O–H groups in total.